The second kappa shape index (κ2) is 7.72. The molecule has 0 unspecified atom stereocenters. The van der Waals surface area contributed by atoms with Crippen LogP contribution in [0.1, 0.15) is 63.0 Å². The fraction of sp³-hybridized carbons (Fsp3) is 0.647. The number of nitrogens with one attached hydrogen (secondary N) is 1. The van der Waals surface area contributed by atoms with Crippen LogP contribution in [-0.4, -0.2) is 6.04 Å². The van der Waals surface area contributed by atoms with E-state index in [1.54, 1.807) is 12.1 Å². The van der Waals surface area contributed by atoms with Gasteiger partial charge in [0.2, 0.25) is 0 Å². The van der Waals surface area contributed by atoms with Crippen molar-refractivity contribution in [1.82, 2.24) is 5.32 Å². The molecule has 1 fully saturated rings. The van der Waals surface area contributed by atoms with E-state index in [2.05, 4.69) is 12.2 Å². The molecular weight excluding hydrogens is 256 g/mol. The third kappa shape index (κ3) is 4.55. The van der Waals surface area contributed by atoms with Crippen LogP contribution in [0.15, 0.2) is 24.3 Å². The van der Waals surface area contributed by atoms with Crippen molar-refractivity contribution in [2.45, 2.75) is 64.5 Å². The Balaban J connectivity index is 1.85. The highest BCUT2D eigenvalue weighted by atomic mass is 19.3. The van der Waals surface area contributed by atoms with Crippen molar-refractivity contribution in [3.05, 3.63) is 35.4 Å². The maximum atomic E-state index is 12.7. The second-order valence-corrected chi connectivity index (χ2v) is 5.97. The summed E-state index contributed by atoms with van der Waals surface area (Å²) in [6.45, 7) is 2.91. The van der Waals surface area contributed by atoms with Crippen molar-refractivity contribution in [3.63, 3.8) is 0 Å². The van der Waals surface area contributed by atoms with Crippen LogP contribution in [0.3, 0.4) is 0 Å². The lowest BCUT2D eigenvalue weighted by molar-refractivity contribution is 0.151. The van der Waals surface area contributed by atoms with Gasteiger partial charge in [0.15, 0.2) is 0 Å². The highest BCUT2D eigenvalue weighted by Gasteiger charge is 2.18. The molecule has 0 saturated heterocycles. The molecule has 112 valence electrons. The zero-order valence-corrected chi connectivity index (χ0v) is 12.2. The number of rotatable bonds is 5. The summed E-state index contributed by atoms with van der Waals surface area (Å²) in [5.41, 5.74) is 1.06. The Hall–Kier alpha value is -0.960. The lowest BCUT2D eigenvalue weighted by Gasteiger charge is -2.23. The molecule has 1 aromatic carbocycles. The molecule has 0 spiro atoms. The first-order valence-electron chi connectivity index (χ1n) is 7.77. The van der Waals surface area contributed by atoms with E-state index in [9.17, 15) is 8.78 Å². The summed E-state index contributed by atoms with van der Waals surface area (Å²) < 4.78 is 25.3. The monoisotopic (exact) mass is 281 g/mol. The van der Waals surface area contributed by atoms with Gasteiger partial charge in [-0.1, -0.05) is 43.9 Å². The normalized spacial score (nSPS) is 19.0. The van der Waals surface area contributed by atoms with Crippen LogP contribution >= 0.6 is 0 Å². The summed E-state index contributed by atoms with van der Waals surface area (Å²) in [7, 11) is 0. The standard InChI is InChI=1S/C17H25F2N/c1-13(15-8-4-2-3-5-9-15)20-12-14-7-6-10-16(11-14)17(18)19/h6-7,10-11,13,15,17,20H,2-5,8-9,12H2,1H3/t13-/m0/s1. The van der Waals surface area contributed by atoms with Crippen LogP contribution in [0, 0.1) is 5.92 Å². The minimum Gasteiger partial charge on any atom is -0.310 e. The zero-order valence-electron chi connectivity index (χ0n) is 12.2. The van der Waals surface area contributed by atoms with Crippen LogP contribution < -0.4 is 5.32 Å². The topological polar surface area (TPSA) is 12.0 Å². The molecule has 1 aliphatic carbocycles. The Kier molecular flexibility index (Phi) is 5.96. The van der Waals surface area contributed by atoms with Crippen molar-refractivity contribution in [2.75, 3.05) is 0 Å². The van der Waals surface area contributed by atoms with Gasteiger partial charge in [-0.3, -0.25) is 0 Å². The number of hydrogen-bond acceptors (Lipinski definition) is 1. The van der Waals surface area contributed by atoms with E-state index < -0.39 is 6.43 Å². The average molecular weight is 281 g/mol. The maximum Gasteiger partial charge on any atom is 0.263 e. The number of hydrogen-bond donors (Lipinski definition) is 1. The molecule has 0 aliphatic heterocycles. The minimum atomic E-state index is -2.38. The van der Waals surface area contributed by atoms with Gasteiger partial charge in [-0.15, -0.1) is 0 Å². The molecule has 1 saturated carbocycles. The highest BCUT2D eigenvalue weighted by Crippen LogP contribution is 2.26. The van der Waals surface area contributed by atoms with Gasteiger partial charge >= 0.3 is 0 Å². The molecule has 0 amide bonds. The van der Waals surface area contributed by atoms with Crippen molar-refractivity contribution >= 4 is 0 Å². The molecule has 0 radical (unpaired) electrons. The first-order valence-corrected chi connectivity index (χ1v) is 7.77. The number of benzene rings is 1. The molecular formula is C17H25F2N. The molecule has 3 heteroatoms. The molecule has 1 N–H and O–H groups in total. The van der Waals surface area contributed by atoms with E-state index in [1.807, 2.05) is 6.07 Å². The Labute approximate surface area is 120 Å². The van der Waals surface area contributed by atoms with Crippen molar-refractivity contribution in [2.24, 2.45) is 5.92 Å². The average Bonchev–Trinajstić information content (AvgIpc) is 2.74. The van der Waals surface area contributed by atoms with Crippen LogP contribution in [0.25, 0.3) is 0 Å². The van der Waals surface area contributed by atoms with Gasteiger partial charge in [0.1, 0.15) is 0 Å². The van der Waals surface area contributed by atoms with Gasteiger partial charge in [0.05, 0.1) is 0 Å². The van der Waals surface area contributed by atoms with Crippen LogP contribution in [0.4, 0.5) is 8.78 Å². The van der Waals surface area contributed by atoms with Gasteiger partial charge in [-0.2, -0.15) is 0 Å². The summed E-state index contributed by atoms with van der Waals surface area (Å²) >= 11 is 0. The number of alkyl halides is 2. The summed E-state index contributed by atoms with van der Waals surface area (Å²) in [5.74, 6) is 0.732. The summed E-state index contributed by atoms with van der Waals surface area (Å²) in [6.07, 6.45) is 5.60. The SMILES string of the molecule is C[C@H](NCc1cccc(C(F)F)c1)C1CCCCCC1. The summed E-state index contributed by atoms with van der Waals surface area (Å²) in [6, 6.07) is 7.19. The Bertz CT molecular complexity index is 398. The highest BCUT2D eigenvalue weighted by molar-refractivity contribution is 5.24. The van der Waals surface area contributed by atoms with E-state index in [-0.39, 0.29) is 5.56 Å². The maximum absolute atomic E-state index is 12.7. The van der Waals surface area contributed by atoms with Crippen molar-refractivity contribution in [3.8, 4) is 0 Å². The molecule has 0 heterocycles. The fourth-order valence-corrected chi connectivity index (χ4v) is 3.10. The fourth-order valence-electron chi connectivity index (χ4n) is 3.10. The van der Waals surface area contributed by atoms with Gasteiger partial charge in [-0.05, 0) is 37.3 Å². The second-order valence-electron chi connectivity index (χ2n) is 5.97. The minimum absolute atomic E-state index is 0.117. The molecule has 1 aromatic rings. The predicted octanol–water partition coefficient (Wildman–Crippen LogP) is 5.07. The Morgan fingerprint density at radius 1 is 1.15 bits per heavy atom. The van der Waals surface area contributed by atoms with Crippen LogP contribution in [0.5, 0.6) is 0 Å². The van der Waals surface area contributed by atoms with Gasteiger partial charge in [0.25, 0.3) is 6.43 Å². The number of halogens is 2. The molecule has 0 bridgehead atoms. The molecule has 1 nitrogen and oxygen atoms in total. The summed E-state index contributed by atoms with van der Waals surface area (Å²) in [5, 5.41) is 3.52. The molecule has 20 heavy (non-hydrogen) atoms. The van der Waals surface area contributed by atoms with E-state index >= 15 is 0 Å². The predicted molar refractivity (Wildman–Crippen MR) is 78.9 cm³/mol. The first kappa shape index (κ1) is 15.4. The Morgan fingerprint density at radius 3 is 2.50 bits per heavy atom. The third-order valence-electron chi connectivity index (χ3n) is 4.44. The smallest absolute Gasteiger partial charge is 0.263 e. The van der Waals surface area contributed by atoms with E-state index in [0.717, 1.165) is 11.5 Å². The quantitative estimate of drug-likeness (QED) is 0.743. The lowest BCUT2D eigenvalue weighted by Crippen LogP contribution is -2.32. The zero-order chi connectivity index (χ0) is 14.4. The summed E-state index contributed by atoms with van der Waals surface area (Å²) in [4.78, 5) is 0. The van der Waals surface area contributed by atoms with Gasteiger partial charge in [-0.25, -0.2) is 8.78 Å². The van der Waals surface area contributed by atoms with Crippen molar-refractivity contribution in [1.29, 1.82) is 0 Å². The van der Waals surface area contributed by atoms with E-state index in [1.165, 1.54) is 44.6 Å². The first-order chi connectivity index (χ1) is 9.66. The van der Waals surface area contributed by atoms with Gasteiger partial charge in [0, 0.05) is 18.2 Å². The molecule has 1 atom stereocenters. The van der Waals surface area contributed by atoms with Crippen LogP contribution in [0.2, 0.25) is 0 Å². The van der Waals surface area contributed by atoms with Crippen molar-refractivity contribution < 1.29 is 8.78 Å². The molecule has 1 aliphatic rings. The van der Waals surface area contributed by atoms with E-state index in [4.69, 9.17) is 0 Å². The van der Waals surface area contributed by atoms with E-state index in [0.29, 0.717) is 12.6 Å². The molecule has 0 aromatic heterocycles. The van der Waals surface area contributed by atoms with Gasteiger partial charge < -0.3 is 5.32 Å². The third-order valence-corrected chi connectivity index (χ3v) is 4.44. The lowest BCUT2D eigenvalue weighted by atomic mass is 9.93. The Morgan fingerprint density at radius 2 is 1.85 bits per heavy atom. The largest absolute Gasteiger partial charge is 0.310 e. The van der Waals surface area contributed by atoms with Crippen LogP contribution in [-0.2, 0) is 6.54 Å². The molecule has 2 rings (SSSR count).